The normalized spacial score (nSPS) is 12.5. The van der Waals surface area contributed by atoms with Crippen LogP contribution in [0.25, 0.3) is 0 Å². The maximum atomic E-state index is 10.3. The second-order valence-electron chi connectivity index (χ2n) is 2.18. The Morgan fingerprint density at radius 3 is 3.00 bits per heavy atom. The highest BCUT2D eigenvalue weighted by molar-refractivity contribution is 5.76. The van der Waals surface area contributed by atoms with Crippen LogP contribution in [0.3, 0.4) is 0 Å². The summed E-state index contributed by atoms with van der Waals surface area (Å²) in [5.41, 5.74) is 0. The van der Waals surface area contributed by atoms with E-state index in [1.165, 1.54) is 6.26 Å². The lowest BCUT2D eigenvalue weighted by molar-refractivity contribution is -0.137. The van der Waals surface area contributed by atoms with E-state index < -0.39 is 12.0 Å². The predicted octanol–water partition coefficient (Wildman–Crippen LogP) is 1.16. The molecule has 0 aliphatic rings. The van der Waals surface area contributed by atoms with Gasteiger partial charge in [-0.05, 0) is 13.0 Å². The summed E-state index contributed by atoms with van der Waals surface area (Å²) in [7, 11) is 0. The van der Waals surface area contributed by atoms with Crippen LogP contribution < -0.4 is 5.32 Å². The zero-order valence-electron chi connectivity index (χ0n) is 6.07. The third-order valence-electron chi connectivity index (χ3n) is 1.25. The van der Waals surface area contributed by atoms with E-state index in [9.17, 15) is 4.79 Å². The Morgan fingerprint density at radius 2 is 2.55 bits per heavy atom. The first-order valence-electron chi connectivity index (χ1n) is 3.23. The van der Waals surface area contributed by atoms with Crippen molar-refractivity contribution in [1.82, 2.24) is 0 Å². The molecule has 0 bridgehead atoms. The number of furan rings is 1. The first kappa shape index (κ1) is 7.65. The van der Waals surface area contributed by atoms with E-state index in [1.807, 2.05) is 0 Å². The lowest BCUT2D eigenvalue weighted by atomic mass is 10.3. The topological polar surface area (TPSA) is 62.5 Å². The lowest BCUT2D eigenvalue weighted by Crippen LogP contribution is -2.24. The fourth-order valence-corrected chi connectivity index (χ4v) is 0.636. The Kier molecular flexibility index (Phi) is 2.15. The molecule has 0 amide bonds. The van der Waals surface area contributed by atoms with Gasteiger partial charge in [-0.25, -0.2) is 0 Å². The molecule has 0 radical (unpaired) electrons. The number of carboxylic acids is 1. The number of aliphatic carboxylic acids is 1. The van der Waals surface area contributed by atoms with Crippen molar-refractivity contribution in [1.29, 1.82) is 0 Å². The summed E-state index contributed by atoms with van der Waals surface area (Å²) in [4.78, 5) is 10.3. The summed E-state index contributed by atoms with van der Waals surface area (Å²) in [5.74, 6) is -0.429. The third-order valence-corrected chi connectivity index (χ3v) is 1.25. The van der Waals surface area contributed by atoms with E-state index in [0.29, 0.717) is 5.88 Å². The van der Waals surface area contributed by atoms with Crippen LogP contribution in [0, 0.1) is 0 Å². The Balaban J connectivity index is 2.50. The van der Waals surface area contributed by atoms with Crippen molar-refractivity contribution < 1.29 is 14.3 Å². The summed E-state index contributed by atoms with van der Waals surface area (Å²) in [6.07, 6.45) is 1.48. The van der Waals surface area contributed by atoms with Crippen molar-refractivity contribution in [3.63, 3.8) is 0 Å². The molecule has 4 nitrogen and oxygen atoms in total. The SMILES string of the molecule is C[C@H](Nc1ccco1)C(=O)O. The fraction of sp³-hybridized carbons (Fsp3) is 0.286. The average Bonchev–Trinajstić information content (AvgIpc) is 2.39. The smallest absolute Gasteiger partial charge is 0.325 e. The number of carbonyl (C=O) groups is 1. The molecular weight excluding hydrogens is 146 g/mol. The van der Waals surface area contributed by atoms with Crippen molar-refractivity contribution >= 4 is 11.9 Å². The summed E-state index contributed by atoms with van der Waals surface area (Å²) >= 11 is 0. The van der Waals surface area contributed by atoms with E-state index in [-0.39, 0.29) is 0 Å². The van der Waals surface area contributed by atoms with Crippen LogP contribution in [0.5, 0.6) is 0 Å². The van der Waals surface area contributed by atoms with Crippen molar-refractivity contribution in [2.75, 3.05) is 5.32 Å². The van der Waals surface area contributed by atoms with E-state index >= 15 is 0 Å². The molecule has 2 N–H and O–H groups in total. The van der Waals surface area contributed by atoms with Gasteiger partial charge in [0.05, 0.1) is 6.26 Å². The molecular formula is C7H9NO3. The number of rotatable bonds is 3. The van der Waals surface area contributed by atoms with E-state index in [0.717, 1.165) is 0 Å². The van der Waals surface area contributed by atoms with Gasteiger partial charge in [-0.15, -0.1) is 0 Å². The summed E-state index contributed by atoms with van der Waals surface area (Å²) in [6.45, 7) is 1.55. The molecule has 1 rings (SSSR count). The quantitative estimate of drug-likeness (QED) is 0.687. The van der Waals surface area contributed by atoms with Gasteiger partial charge in [-0.3, -0.25) is 4.79 Å². The second-order valence-corrected chi connectivity index (χ2v) is 2.18. The molecule has 0 saturated carbocycles. The minimum atomic E-state index is -0.901. The first-order chi connectivity index (χ1) is 5.20. The molecule has 1 atom stereocenters. The number of hydrogen-bond acceptors (Lipinski definition) is 3. The van der Waals surface area contributed by atoms with Gasteiger partial charge in [0.1, 0.15) is 6.04 Å². The van der Waals surface area contributed by atoms with Crippen LogP contribution in [0.1, 0.15) is 6.92 Å². The Labute approximate surface area is 63.8 Å². The van der Waals surface area contributed by atoms with Crippen LogP contribution >= 0.6 is 0 Å². The van der Waals surface area contributed by atoms with Crippen LogP contribution in [0.2, 0.25) is 0 Å². The lowest BCUT2D eigenvalue weighted by Gasteiger charge is -2.05. The summed E-state index contributed by atoms with van der Waals surface area (Å²) in [5, 5.41) is 11.1. The Hall–Kier alpha value is -1.45. The highest BCUT2D eigenvalue weighted by Crippen LogP contribution is 2.07. The number of anilines is 1. The minimum absolute atomic E-state index is 0.472. The number of carboxylic acid groups (broad SMARTS) is 1. The minimum Gasteiger partial charge on any atom is -0.480 e. The van der Waals surface area contributed by atoms with Gasteiger partial charge in [-0.2, -0.15) is 0 Å². The molecule has 1 heterocycles. The monoisotopic (exact) mass is 155 g/mol. The van der Waals surface area contributed by atoms with Gasteiger partial charge in [0, 0.05) is 6.07 Å². The maximum Gasteiger partial charge on any atom is 0.325 e. The summed E-state index contributed by atoms with van der Waals surface area (Å²) < 4.78 is 4.88. The van der Waals surface area contributed by atoms with Gasteiger partial charge < -0.3 is 14.8 Å². The van der Waals surface area contributed by atoms with E-state index in [2.05, 4.69) is 5.32 Å². The standard InChI is InChI=1S/C7H9NO3/c1-5(7(9)10)8-6-3-2-4-11-6/h2-5,8H,1H3,(H,9,10)/t5-/m0/s1. The average molecular weight is 155 g/mol. The van der Waals surface area contributed by atoms with Gasteiger partial charge in [0.2, 0.25) is 0 Å². The second kappa shape index (κ2) is 3.09. The van der Waals surface area contributed by atoms with Crippen molar-refractivity contribution in [3.8, 4) is 0 Å². The molecule has 1 aromatic heterocycles. The molecule has 0 spiro atoms. The zero-order chi connectivity index (χ0) is 8.27. The fourth-order valence-electron chi connectivity index (χ4n) is 0.636. The molecule has 0 saturated heterocycles. The first-order valence-corrected chi connectivity index (χ1v) is 3.23. The molecule has 0 fully saturated rings. The van der Waals surface area contributed by atoms with Crippen molar-refractivity contribution in [2.24, 2.45) is 0 Å². The Bertz CT molecular complexity index is 230. The summed E-state index contributed by atoms with van der Waals surface area (Å²) in [6, 6.07) is 2.73. The maximum absolute atomic E-state index is 10.3. The highest BCUT2D eigenvalue weighted by Gasteiger charge is 2.10. The van der Waals surface area contributed by atoms with Crippen LogP contribution in [0.15, 0.2) is 22.8 Å². The van der Waals surface area contributed by atoms with Crippen LogP contribution in [-0.2, 0) is 4.79 Å². The van der Waals surface area contributed by atoms with Gasteiger partial charge in [-0.1, -0.05) is 0 Å². The van der Waals surface area contributed by atoms with Crippen LogP contribution in [0.4, 0.5) is 5.88 Å². The molecule has 4 heteroatoms. The number of nitrogens with one attached hydrogen (secondary N) is 1. The molecule has 11 heavy (non-hydrogen) atoms. The Morgan fingerprint density at radius 1 is 1.82 bits per heavy atom. The largest absolute Gasteiger partial charge is 0.480 e. The van der Waals surface area contributed by atoms with Gasteiger partial charge in [0.25, 0.3) is 0 Å². The molecule has 0 aromatic carbocycles. The van der Waals surface area contributed by atoms with E-state index in [1.54, 1.807) is 19.1 Å². The van der Waals surface area contributed by atoms with Gasteiger partial charge in [0.15, 0.2) is 5.88 Å². The molecule has 0 unspecified atom stereocenters. The molecule has 0 aliphatic carbocycles. The van der Waals surface area contributed by atoms with Crippen LogP contribution in [-0.4, -0.2) is 17.1 Å². The van der Waals surface area contributed by atoms with E-state index in [4.69, 9.17) is 9.52 Å². The number of hydrogen-bond donors (Lipinski definition) is 2. The molecule has 1 aromatic rings. The van der Waals surface area contributed by atoms with Gasteiger partial charge >= 0.3 is 5.97 Å². The van der Waals surface area contributed by atoms with Crippen molar-refractivity contribution in [3.05, 3.63) is 18.4 Å². The predicted molar refractivity (Wildman–Crippen MR) is 39.4 cm³/mol. The highest BCUT2D eigenvalue weighted by atomic mass is 16.4. The molecule has 0 aliphatic heterocycles. The molecule has 60 valence electrons. The third kappa shape index (κ3) is 2.00. The van der Waals surface area contributed by atoms with Crippen molar-refractivity contribution in [2.45, 2.75) is 13.0 Å². The zero-order valence-corrected chi connectivity index (χ0v) is 6.07.